The van der Waals surface area contributed by atoms with Crippen molar-refractivity contribution < 1.29 is 9.15 Å². The Morgan fingerprint density at radius 1 is 1.47 bits per heavy atom. The second-order valence-corrected chi connectivity index (χ2v) is 5.30. The van der Waals surface area contributed by atoms with Crippen molar-refractivity contribution >= 4 is 0 Å². The van der Waals surface area contributed by atoms with Crippen LogP contribution >= 0.6 is 0 Å². The first-order valence-corrected chi connectivity index (χ1v) is 6.09. The van der Waals surface area contributed by atoms with Crippen molar-refractivity contribution in [1.82, 2.24) is 5.43 Å². The molecule has 4 nitrogen and oxygen atoms in total. The van der Waals surface area contributed by atoms with Crippen LogP contribution in [0.1, 0.15) is 33.5 Å². The maximum atomic E-state index is 5.82. The van der Waals surface area contributed by atoms with Crippen LogP contribution in [0.15, 0.2) is 22.8 Å². The lowest BCUT2D eigenvalue weighted by Gasteiger charge is -2.36. The first-order chi connectivity index (χ1) is 7.99. The standard InChI is InChI=1S/C13H24N2O2/c1-5-16-12(13(2,3)4)11(15-14)9-10-7-6-8-17-10/h6-8,11-12,15H,5,9,14H2,1-4H3. The van der Waals surface area contributed by atoms with Gasteiger partial charge >= 0.3 is 0 Å². The van der Waals surface area contributed by atoms with Crippen LogP contribution in [0.3, 0.4) is 0 Å². The molecular weight excluding hydrogens is 216 g/mol. The van der Waals surface area contributed by atoms with Crippen LogP contribution in [-0.4, -0.2) is 18.8 Å². The molecular formula is C13H24N2O2. The van der Waals surface area contributed by atoms with Gasteiger partial charge < -0.3 is 9.15 Å². The zero-order chi connectivity index (χ0) is 12.9. The molecule has 0 aliphatic rings. The molecule has 0 radical (unpaired) electrons. The molecule has 0 fully saturated rings. The van der Waals surface area contributed by atoms with Gasteiger partial charge in [-0.1, -0.05) is 20.8 Å². The molecule has 0 saturated heterocycles. The van der Waals surface area contributed by atoms with Crippen molar-refractivity contribution in [2.24, 2.45) is 11.3 Å². The molecule has 2 unspecified atom stereocenters. The number of hydrogen-bond donors (Lipinski definition) is 2. The molecule has 0 amide bonds. The smallest absolute Gasteiger partial charge is 0.105 e. The average Bonchev–Trinajstić information content (AvgIpc) is 2.74. The lowest BCUT2D eigenvalue weighted by atomic mass is 9.83. The molecule has 1 heterocycles. The molecule has 4 heteroatoms. The van der Waals surface area contributed by atoms with Gasteiger partial charge in [0, 0.05) is 13.0 Å². The molecule has 1 rings (SSSR count). The lowest BCUT2D eigenvalue weighted by molar-refractivity contribution is -0.0364. The number of rotatable bonds is 6. The summed E-state index contributed by atoms with van der Waals surface area (Å²) in [5.41, 5.74) is 2.87. The van der Waals surface area contributed by atoms with Crippen molar-refractivity contribution in [2.75, 3.05) is 6.61 Å². The fourth-order valence-electron chi connectivity index (χ4n) is 2.05. The van der Waals surface area contributed by atoms with Gasteiger partial charge in [-0.15, -0.1) is 0 Å². The Labute approximate surface area is 103 Å². The minimum absolute atomic E-state index is 0.0274. The van der Waals surface area contributed by atoms with Gasteiger partial charge in [-0.3, -0.25) is 11.3 Å². The zero-order valence-corrected chi connectivity index (χ0v) is 11.2. The van der Waals surface area contributed by atoms with E-state index in [-0.39, 0.29) is 17.6 Å². The van der Waals surface area contributed by atoms with Gasteiger partial charge in [0.2, 0.25) is 0 Å². The summed E-state index contributed by atoms with van der Waals surface area (Å²) in [6.45, 7) is 9.14. The van der Waals surface area contributed by atoms with Crippen molar-refractivity contribution in [1.29, 1.82) is 0 Å². The van der Waals surface area contributed by atoms with Crippen molar-refractivity contribution in [3.8, 4) is 0 Å². The fraction of sp³-hybridized carbons (Fsp3) is 0.692. The Morgan fingerprint density at radius 3 is 2.59 bits per heavy atom. The summed E-state index contributed by atoms with van der Waals surface area (Å²) in [6.07, 6.45) is 2.45. The van der Waals surface area contributed by atoms with E-state index in [4.69, 9.17) is 15.0 Å². The number of hydrazine groups is 1. The topological polar surface area (TPSA) is 60.4 Å². The number of nitrogens with two attached hydrogens (primary N) is 1. The lowest BCUT2D eigenvalue weighted by Crippen LogP contribution is -2.52. The highest BCUT2D eigenvalue weighted by molar-refractivity contribution is 5.02. The summed E-state index contributed by atoms with van der Waals surface area (Å²) in [7, 11) is 0. The van der Waals surface area contributed by atoms with Crippen LogP contribution in [0.5, 0.6) is 0 Å². The van der Waals surface area contributed by atoms with E-state index in [9.17, 15) is 0 Å². The Bertz CT molecular complexity index is 304. The minimum Gasteiger partial charge on any atom is -0.469 e. The monoisotopic (exact) mass is 240 g/mol. The summed E-state index contributed by atoms with van der Waals surface area (Å²) < 4.78 is 11.2. The molecule has 1 aromatic rings. The third-order valence-electron chi connectivity index (χ3n) is 2.78. The fourth-order valence-corrected chi connectivity index (χ4v) is 2.05. The second-order valence-electron chi connectivity index (χ2n) is 5.30. The molecule has 17 heavy (non-hydrogen) atoms. The van der Waals surface area contributed by atoms with E-state index < -0.39 is 0 Å². The number of furan rings is 1. The Hall–Kier alpha value is -0.840. The van der Waals surface area contributed by atoms with Crippen LogP contribution in [0.25, 0.3) is 0 Å². The molecule has 3 N–H and O–H groups in total. The van der Waals surface area contributed by atoms with Gasteiger partial charge in [-0.05, 0) is 24.5 Å². The quantitative estimate of drug-likeness (QED) is 0.590. The summed E-state index contributed by atoms with van der Waals surface area (Å²) >= 11 is 0. The van der Waals surface area contributed by atoms with Gasteiger partial charge in [0.05, 0.1) is 18.4 Å². The third-order valence-corrected chi connectivity index (χ3v) is 2.78. The van der Waals surface area contributed by atoms with E-state index in [0.29, 0.717) is 6.61 Å². The highest BCUT2D eigenvalue weighted by atomic mass is 16.5. The van der Waals surface area contributed by atoms with Gasteiger partial charge in [-0.25, -0.2) is 0 Å². The Morgan fingerprint density at radius 2 is 2.18 bits per heavy atom. The van der Waals surface area contributed by atoms with Crippen molar-refractivity contribution in [2.45, 2.75) is 46.3 Å². The summed E-state index contributed by atoms with van der Waals surface area (Å²) in [4.78, 5) is 0. The van der Waals surface area contributed by atoms with Gasteiger partial charge in [0.1, 0.15) is 5.76 Å². The van der Waals surface area contributed by atoms with Crippen LogP contribution in [0, 0.1) is 5.41 Å². The molecule has 1 aromatic heterocycles. The van der Waals surface area contributed by atoms with Crippen molar-refractivity contribution in [3.05, 3.63) is 24.2 Å². The first-order valence-electron chi connectivity index (χ1n) is 6.09. The number of ether oxygens (including phenoxy) is 1. The maximum Gasteiger partial charge on any atom is 0.105 e. The Kier molecular flexibility index (Phi) is 5.18. The van der Waals surface area contributed by atoms with E-state index in [1.807, 2.05) is 19.1 Å². The van der Waals surface area contributed by atoms with E-state index in [0.717, 1.165) is 12.2 Å². The molecule has 0 aromatic carbocycles. The van der Waals surface area contributed by atoms with E-state index in [1.165, 1.54) is 0 Å². The van der Waals surface area contributed by atoms with Gasteiger partial charge in [-0.2, -0.15) is 0 Å². The van der Waals surface area contributed by atoms with Crippen LogP contribution in [0.4, 0.5) is 0 Å². The van der Waals surface area contributed by atoms with Crippen LogP contribution < -0.4 is 11.3 Å². The van der Waals surface area contributed by atoms with Gasteiger partial charge in [0.15, 0.2) is 0 Å². The molecule has 0 aliphatic carbocycles. The summed E-state index contributed by atoms with van der Waals surface area (Å²) in [5, 5.41) is 0. The average molecular weight is 240 g/mol. The largest absolute Gasteiger partial charge is 0.469 e. The van der Waals surface area contributed by atoms with E-state index in [2.05, 4.69) is 26.2 Å². The van der Waals surface area contributed by atoms with Crippen LogP contribution in [-0.2, 0) is 11.2 Å². The zero-order valence-electron chi connectivity index (χ0n) is 11.2. The molecule has 0 spiro atoms. The van der Waals surface area contributed by atoms with E-state index in [1.54, 1.807) is 6.26 Å². The SMILES string of the molecule is CCOC(C(Cc1ccco1)NN)C(C)(C)C. The predicted octanol–water partition coefficient (Wildman–Crippen LogP) is 2.11. The molecule has 0 bridgehead atoms. The summed E-state index contributed by atoms with van der Waals surface area (Å²) in [5.74, 6) is 6.56. The highest BCUT2D eigenvalue weighted by Crippen LogP contribution is 2.26. The normalized spacial score (nSPS) is 15.8. The molecule has 0 saturated carbocycles. The van der Waals surface area contributed by atoms with E-state index >= 15 is 0 Å². The van der Waals surface area contributed by atoms with Crippen molar-refractivity contribution in [3.63, 3.8) is 0 Å². The highest BCUT2D eigenvalue weighted by Gasteiger charge is 2.32. The molecule has 0 aliphatic heterocycles. The predicted molar refractivity (Wildman–Crippen MR) is 68.4 cm³/mol. The third kappa shape index (κ3) is 4.15. The maximum absolute atomic E-state index is 5.82. The van der Waals surface area contributed by atoms with Crippen LogP contribution in [0.2, 0.25) is 0 Å². The van der Waals surface area contributed by atoms with Gasteiger partial charge in [0.25, 0.3) is 0 Å². The number of nitrogens with one attached hydrogen (secondary N) is 1. The number of hydrogen-bond acceptors (Lipinski definition) is 4. The molecule has 98 valence electrons. The Balaban J connectivity index is 2.74. The summed E-state index contributed by atoms with van der Waals surface area (Å²) in [6, 6.07) is 3.88. The molecule has 2 atom stereocenters. The second kappa shape index (κ2) is 6.19. The minimum atomic E-state index is 0.0274. The first kappa shape index (κ1) is 14.2.